The maximum Gasteiger partial charge on any atom is 0.260 e. The average Bonchev–Trinajstić information content (AvgIpc) is 3.31. The van der Waals surface area contributed by atoms with Gasteiger partial charge in [0.25, 0.3) is 5.91 Å². The molecule has 1 N–H and O–H groups in total. The Kier molecular flexibility index (Phi) is 6.17. The van der Waals surface area contributed by atoms with E-state index in [1.807, 2.05) is 66.7 Å². The number of aromatic nitrogens is 1. The Labute approximate surface area is 171 Å². The Balaban J connectivity index is 1.54. The molecule has 3 aromatic rings. The number of pyridine rings is 1. The molecular formula is C24H25N3O2. The molecule has 1 atom stereocenters. The van der Waals surface area contributed by atoms with Crippen LogP contribution in [0.25, 0.3) is 0 Å². The van der Waals surface area contributed by atoms with Crippen LogP contribution in [0, 0.1) is 0 Å². The van der Waals surface area contributed by atoms with Crippen molar-refractivity contribution >= 4 is 17.3 Å². The Morgan fingerprint density at radius 1 is 1.07 bits per heavy atom. The van der Waals surface area contributed by atoms with E-state index in [0.29, 0.717) is 12.1 Å². The van der Waals surface area contributed by atoms with Gasteiger partial charge in [-0.25, -0.2) is 0 Å². The van der Waals surface area contributed by atoms with Crippen LogP contribution in [0.1, 0.15) is 28.8 Å². The van der Waals surface area contributed by atoms with E-state index in [-0.39, 0.29) is 12.0 Å². The van der Waals surface area contributed by atoms with Gasteiger partial charge in [-0.2, -0.15) is 0 Å². The van der Waals surface area contributed by atoms with Gasteiger partial charge >= 0.3 is 0 Å². The standard InChI is InChI=1S/C24H25N3O2/c28-24(20-14-21(16-25-15-20)26-17-23-12-7-13-29-23)27(22-10-5-2-6-11-22)18-19-8-3-1-4-9-19/h1-6,8-11,14-16,23,26H,7,12-13,17-18H2. The third kappa shape index (κ3) is 5.00. The zero-order valence-corrected chi connectivity index (χ0v) is 16.3. The van der Waals surface area contributed by atoms with Crippen LogP contribution in [0.3, 0.4) is 0 Å². The molecule has 29 heavy (non-hydrogen) atoms. The second-order valence-corrected chi connectivity index (χ2v) is 7.19. The number of carbonyl (C=O) groups is 1. The number of nitrogens with one attached hydrogen (secondary N) is 1. The number of carbonyl (C=O) groups excluding carboxylic acids is 1. The molecule has 0 saturated carbocycles. The fourth-order valence-corrected chi connectivity index (χ4v) is 3.50. The predicted molar refractivity (Wildman–Crippen MR) is 115 cm³/mol. The van der Waals surface area contributed by atoms with Crippen molar-refractivity contribution in [2.45, 2.75) is 25.5 Å². The first-order chi connectivity index (χ1) is 14.3. The molecule has 4 rings (SSSR count). The number of rotatable bonds is 7. The summed E-state index contributed by atoms with van der Waals surface area (Å²) in [6.45, 7) is 2.05. The van der Waals surface area contributed by atoms with Crippen molar-refractivity contribution in [3.05, 3.63) is 90.3 Å². The largest absolute Gasteiger partial charge is 0.381 e. The highest BCUT2D eigenvalue weighted by Crippen LogP contribution is 2.21. The molecule has 0 bridgehead atoms. The summed E-state index contributed by atoms with van der Waals surface area (Å²) in [5.41, 5.74) is 3.32. The lowest BCUT2D eigenvalue weighted by Gasteiger charge is -2.23. The number of para-hydroxylation sites is 1. The minimum atomic E-state index is -0.0756. The van der Waals surface area contributed by atoms with E-state index >= 15 is 0 Å². The molecule has 5 nitrogen and oxygen atoms in total. The van der Waals surface area contributed by atoms with Gasteiger partial charge in [0.1, 0.15) is 0 Å². The van der Waals surface area contributed by atoms with Gasteiger partial charge in [-0.1, -0.05) is 48.5 Å². The summed E-state index contributed by atoms with van der Waals surface area (Å²) in [5, 5.41) is 3.35. The molecule has 148 valence electrons. The number of hydrogen-bond donors (Lipinski definition) is 1. The van der Waals surface area contributed by atoms with E-state index in [4.69, 9.17) is 4.74 Å². The fourth-order valence-electron chi connectivity index (χ4n) is 3.50. The maximum absolute atomic E-state index is 13.4. The molecule has 2 heterocycles. The molecule has 1 aromatic heterocycles. The van der Waals surface area contributed by atoms with Crippen LogP contribution in [-0.4, -0.2) is 30.1 Å². The summed E-state index contributed by atoms with van der Waals surface area (Å²) < 4.78 is 5.66. The number of anilines is 2. The van der Waals surface area contributed by atoms with Crippen molar-refractivity contribution in [2.24, 2.45) is 0 Å². The molecule has 0 spiro atoms. The monoisotopic (exact) mass is 387 g/mol. The normalized spacial score (nSPS) is 15.8. The quantitative estimate of drug-likeness (QED) is 0.648. The average molecular weight is 387 g/mol. The Bertz CT molecular complexity index is 925. The topological polar surface area (TPSA) is 54.5 Å². The summed E-state index contributed by atoms with van der Waals surface area (Å²) in [5.74, 6) is -0.0756. The number of benzene rings is 2. The summed E-state index contributed by atoms with van der Waals surface area (Å²) in [7, 11) is 0. The van der Waals surface area contributed by atoms with E-state index in [0.717, 1.165) is 42.9 Å². The van der Waals surface area contributed by atoms with Crippen LogP contribution >= 0.6 is 0 Å². The Hall–Kier alpha value is -3.18. The zero-order valence-electron chi connectivity index (χ0n) is 16.3. The second kappa shape index (κ2) is 9.34. The van der Waals surface area contributed by atoms with E-state index in [1.54, 1.807) is 17.3 Å². The molecule has 1 aliphatic heterocycles. The third-order valence-corrected chi connectivity index (χ3v) is 5.04. The van der Waals surface area contributed by atoms with Gasteiger partial charge in [-0.15, -0.1) is 0 Å². The Morgan fingerprint density at radius 2 is 1.83 bits per heavy atom. The van der Waals surface area contributed by atoms with Crippen molar-refractivity contribution in [2.75, 3.05) is 23.4 Å². The molecule has 1 saturated heterocycles. The van der Waals surface area contributed by atoms with Gasteiger partial charge in [0.05, 0.1) is 23.9 Å². The van der Waals surface area contributed by atoms with Crippen molar-refractivity contribution in [3.63, 3.8) is 0 Å². The zero-order chi connectivity index (χ0) is 19.9. The van der Waals surface area contributed by atoms with Crippen LogP contribution in [0.15, 0.2) is 79.1 Å². The van der Waals surface area contributed by atoms with E-state index in [9.17, 15) is 4.79 Å². The highest BCUT2D eigenvalue weighted by Gasteiger charge is 2.19. The minimum absolute atomic E-state index is 0.0756. The lowest BCUT2D eigenvalue weighted by Crippen LogP contribution is -2.30. The van der Waals surface area contributed by atoms with Crippen molar-refractivity contribution in [1.29, 1.82) is 0 Å². The highest BCUT2D eigenvalue weighted by molar-refractivity contribution is 6.06. The van der Waals surface area contributed by atoms with E-state index in [1.165, 1.54) is 0 Å². The molecule has 5 heteroatoms. The number of amides is 1. The summed E-state index contributed by atoms with van der Waals surface area (Å²) in [6.07, 6.45) is 5.77. The molecular weight excluding hydrogens is 362 g/mol. The van der Waals surface area contributed by atoms with Gasteiger partial charge < -0.3 is 15.0 Å². The van der Waals surface area contributed by atoms with Crippen LogP contribution in [-0.2, 0) is 11.3 Å². The second-order valence-electron chi connectivity index (χ2n) is 7.19. The van der Waals surface area contributed by atoms with Crippen LogP contribution in [0.5, 0.6) is 0 Å². The molecule has 2 aromatic carbocycles. The SMILES string of the molecule is O=C(c1cncc(NCC2CCCO2)c1)N(Cc1ccccc1)c1ccccc1. The van der Waals surface area contributed by atoms with Crippen LogP contribution < -0.4 is 10.2 Å². The van der Waals surface area contributed by atoms with Gasteiger partial charge in [0, 0.05) is 31.2 Å². The smallest absolute Gasteiger partial charge is 0.260 e. The summed E-state index contributed by atoms with van der Waals surface area (Å²) >= 11 is 0. The first kappa shape index (κ1) is 19.2. The summed E-state index contributed by atoms with van der Waals surface area (Å²) in [6, 6.07) is 21.6. The lowest BCUT2D eigenvalue weighted by atomic mass is 10.1. The van der Waals surface area contributed by atoms with Crippen LogP contribution in [0.4, 0.5) is 11.4 Å². The van der Waals surface area contributed by atoms with Gasteiger partial charge in [0.15, 0.2) is 0 Å². The van der Waals surface area contributed by atoms with Crippen molar-refractivity contribution in [1.82, 2.24) is 4.98 Å². The fraction of sp³-hybridized carbons (Fsp3) is 0.250. The van der Waals surface area contributed by atoms with E-state index in [2.05, 4.69) is 10.3 Å². The van der Waals surface area contributed by atoms with Crippen molar-refractivity contribution in [3.8, 4) is 0 Å². The molecule has 1 fully saturated rings. The number of ether oxygens (including phenoxy) is 1. The Morgan fingerprint density at radius 3 is 2.55 bits per heavy atom. The number of nitrogens with zero attached hydrogens (tertiary/aromatic N) is 2. The van der Waals surface area contributed by atoms with E-state index < -0.39 is 0 Å². The van der Waals surface area contributed by atoms with Gasteiger partial charge in [-0.3, -0.25) is 9.78 Å². The first-order valence-corrected chi connectivity index (χ1v) is 10.0. The van der Waals surface area contributed by atoms with Crippen molar-refractivity contribution < 1.29 is 9.53 Å². The molecule has 0 radical (unpaired) electrons. The van der Waals surface area contributed by atoms with Crippen LogP contribution in [0.2, 0.25) is 0 Å². The molecule has 1 amide bonds. The number of hydrogen-bond acceptors (Lipinski definition) is 4. The lowest BCUT2D eigenvalue weighted by molar-refractivity contribution is 0.0985. The summed E-state index contributed by atoms with van der Waals surface area (Å²) in [4.78, 5) is 19.5. The van der Waals surface area contributed by atoms with Gasteiger partial charge in [0.2, 0.25) is 0 Å². The molecule has 0 aliphatic carbocycles. The third-order valence-electron chi connectivity index (χ3n) is 5.04. The van der Waals surface area contributed by atoms with Gasteiger partial charge in [-0.05, 0) is 36.6 Å². The predicted octanol–water partition coefficient (Wildman–Crippen LogP) is 4.52. The minimum Gasteiger partial charge on any atom is -0.381 e. The molecule has 1 aliphatic rings. The maximum atomic E-state index is 13.4. The highest BCUT2D eigenvalue weighted by atomic mass is 16.5. The first-order valence-electron chi connectivity index (χ1n) is 10.0. The molecule has 1 unspecified atom stereocenters.